The SMILES string of the molecule is CCCCCCCCS(=O)(=O)On1c(O)c2c(c1O)Cc1c(c(O)n(OS(=O)(=O)CCCCCCCC)c1O)C2. The molecule has 0 radical (unpaired) electrons. The van der Waals surface area contributed by atoms with Crippen molar-refractivity contribution < 1.29 is 45.8 Å². The molecular weight excluding hydrogens is 564 g/mol. The van der Waals surface area contributed by atoms with Gasteiger partial charge in [-0.05, 0) is 12.8 Å². The van der Waals surface area contributed by atoms with E-state index in [0.717, 1.165) is 51.4 Å². The van der Waals surface area contributed by atoms with Crippen molar-refractivity contribution in [2.24, 2.45) is 0 Å². The van der Waals surface area contributed by atoms with E-state index < -0.39 is 43.8 Å². The van der Waals surface area contributed by atoms with E-state index in [9.17, 15) is 37.3 Å². The topological polar surface area (TPSA) is 178 Å². The van der Waals surface area contributed by atoms with Crippen molar-refractivity contribution in [1.82, 2.24) is 9.46 Å². The quantitative estimate of drug-likeness (QED) is 0.156. The molecule has 0 saturated heterocycles. The van der Waals surface area contributed by atoms with E-state index in [1.807, 2.05) is 0 Å². The first-order valence-electron chi connectivity index (χ1n) is 14.1. The molecule has 2 heterocycles. The van der Waals surface area contributed by atoms with Crippen LogP contribution in [0.3, 0.4) is 0 Å². The highest BCUT2D eigenvalue weighted by Crippen LogP contribution is 2.46. The fraction of sp³-hybridized carbons (Fsp3) is 0.692. The Labute approximate surface area is 236 Å². The highest BCUT2D eigenvalue weighted by atomic mass is 32.2. The highest BCUT2D eigenvalue weighted by molar-refractivity contribution is 7.87. The largest absolute Gasteiger partial charge is 0.492 e. The molecule has 0 amide bonds. The Balaban J connectivity index is 1.70. The molecule has 14 heteroatoms. The number of aromatic nitrogens is 2. The monoisotopic (exact) mass is 606 g/mol. The molecule has 2 aromatic rings. The summed E-state index contributed by atoms with van der Waals surface area (Å²) in [6.45, 7) is 4.17. The summed E-state index contributed by atoms with van der Waals surface area (Å²) in [6.07, 6.45) is 9.80. The molecular formula is C26H42N2O10S2. The van der Waals surface area contributed by atoms with Gasteiger partial charge in [0.1, 0.15) is 0 Å². The molecule has 0 saturated carbocycles. The van der Waals surface area contributed by atoms with Gasteiger partial charge in [0.25, 0.3) is 0 Å². The maximum Gasteiger partial charge on any atom is 0.327 e. The normalized spacial score (nSPS) is 13.2. The van der Waals surface area contributed by atoms with Crippen LogP contribution in [-0.4, -0.2) is 58.2 Å². The van der Waals surface area contributed by atoms with Gasteiger partial charge in [0, 0.05) is 35.1 Å². The summed E-state index contributed by atoms with van der Waals surface area (Å²) in [5.41, 5.74) is 0.286. The van der Waals surface area contributed by atoms with Gasteiger partial charge < -0.3 is 20.4 Å². The molecule has 12 nitrogen and oxygen atoms in total. The van der Waals surface area contributed by atoms with Gasteiger partial charge in [-0.25, -0.2) is 0 Å². The van der Waals surface area contributed by atoms with E-state index in [4.69, 9.17) is 8.57 Å². The zero-order valence-corrected chi connectivity index (χ0v) is 24.9. The molecule has 4 N–H and O–H groups in total. The minimum Gasteiger partial charge on any atom is -0.492 e. The van der Waals surface area contributed by atoms with Crippen molar-refractivity contribution in [3.8, 4) is 23.5 Å². The Hall–Kier alpha value is -2.74. The van der Waals surface area contributed by atoms with Crippen LogP contribution in [0.15, 0.2) is 0 Å². The average molecular weight is 607 g/mol. The standard InChI is InChI=1S/C26H42N2O10S2/c1-3-5-7-9-11-13-15-39(33,34)37-27-23(29)19-17-21-22(18-20(19)24(27)30)26(32)28(25(21)31)38-40(35,36)16-14-12-10-8-6-4-2/h29-32H,3-18H2,1-2H3. The Morgan fingerprint density at radius 3 is 1.10 bits per heavy atom. The van der Waals surface area contributed by atoms with Crippen molar-refractivity contribution in [3.05, 3.63) is 22.3 Å². The van der Waals surface area contributed by atoms with E-state index in [1.54, 1.807) is 0 Å². The highest BCUT2D eigenvalue weighted by Gasteiger charge is 2.36. The van der Waals surface area contributed by atoms with Crippen LogP contribution in [0, 0.1) is 0 Å². The molecule has 228 valence electrons. The van der Waals surface area contributed by atoms with Crippen molar-refractivity contribution >= 4 is 20.2 Å². The average Bonchev–Trinajstić information content (AvgIpc) is 3.26. The second-order valence-electron chi connectivity index (χ2n) is 10.4. The van der Waals surface area contributed by atoms with Crippen LogP contribution < -0.4 is 8.57 Å². The summed E-state index contributed by atoms with van der Waals surface area (Å²) in [6, 6.07) is 0. The maximum atomic E-state index is 12.5. The molecule has 0 aliphatic heterocycles. The molecule has 0 bridgehead atoms. The summed E-state index contributed by atoms with van der Waals surface area (Å²) < 4.78 is 60.7. The van der Waals surface area contributed by atoms with E-state index in [1.165, 1.54) is 0 Å². The number of hydrogen-bond donors (Lipinski definition) is 4. The van der Waals surface area contributed by atoms with Crippen molar-refractivity contribution in [1.29, 1.82) is 0 Å². The molecule has 40 heavy (non-hydrogen) atoms. The molecule has 2 aromatic heterocycles. The fourth-order valence-electron chi connectivity index (χ4n) is 4.89. The van der Waals surface area contributed by atoms with E-state index in [0.29, 0.717) is 35.1 Å². The molecule has 1 aliphatic rings. The van der Waals surface area contributed by atoms with Crippen LogP contribution in [-0.2, 0) is 33.1 Å². The summed E-state index contributed by atoms with van der Waals surface area (Å²) in [4.78, 5) is 0. The van der Waals surface area contributed by atoms with Crippen molar-refractivity contribution in [3.63, 3.8) is 0 Å². The second kappa shape index (κ2) is 13.7. The van der Waals surface area contributed by atoms with E-state index in [2.05, 4.69) is 13.8 Å². The lowest BCUT2D eigenvalue weighted by Gasteiger charge is -2.11. The Morgan fingerprint density at radius 1 is 0.525 bits per heavy atom. The van der Waals surface area contributed by atoms with Gasteiger partial charge >= 0.3 is 20.2 Å². The van der Waals surface area contributed by atoms with Crippen LogP contribution >= 0.6 is 0 Å². The van der Waals surface area contributed by atoms with Crippen LogP contribution in [0.5, 0.6) is 23.5 Å². The molecule has 0 atom stereocenters. The molecule has 0 unspecified atom stereocenters. The first-order valence-corrected chi connectivity index (χ1v) is 17.2. The Kier molecular flexibility index (Phi) is 10.9. The smallest absolute Gasteiger partial charge is 0.327 e. The van der Waals surface area contributed by atoms with Crippen molar-refractivity contribution in [2.75, 3.05) is 11.5 Å². The van der Waals surface area contributed by atoms with Gasteiger partial charge in [-0.3, -0.25) is 8.57 Å². The second-order valence-corrected chi connectivity index (χ2v) is 13.7. The third-order valence-corrected chi connectivity index (χ3v) is 9.49. The Morgan fingerprint density at radius 2 is 0.800 bits per heavy atom. The van der Waals surface area contributed by atoms with Crippen LogP contribution in [0.25, 0.3) is 0 Å². The zero-order chi connectivity index (χ0) is 29.5. The first kappa shape index (κ1) is 31.8. The van der Waals surface area contributed by atoms with Gasteiger partial charge in [-0.2, -0.15) is 16.8 Å². The summed E-state index contributed by atoms with van der Waals surface area (Å²) in [5, 5.41) is 42.7. The predicted octanol–water partition coefficient (Wildman–Crippen LogP) is 3.84. The van der Waals surface area contributed by atoms with Gasteiger partial charge in [0.15, 0.2) is 0 Å². The van der Waals surface area contributed by atoms with E-state index in [-0.39, 0.29) is 46.6 Å². The first-order chi connectivity index (χ1) is 18.9. The fourth-order valence-corrected chi connectivity index (χ4v) is 6.89. The summed E-state index contributed by atoms with van der Waals surface area (Å²) in [7, 11) is -8.26. The molecule has 3 rings (SSSR count). The zero-order valence-electron chi connectivity index (χ0n) is 23.3. The number of aromatic hydroxyl groups is 4. The minimum atomic E-state index is -4.13. The number of hydrogen-bond acceptors (Lipinski definition) is 10. The number of nitrogens with zero attached hydrogens (tertiary/aromatic N) is 2. The third kappa shape index (κ3) is 7.71. The Bertz CT molecular complexity index is 1210. The maximum absolute atomic E-state index is 12.5. The summed E-state index contributed by atoms with van der Waals surface area (Å²) in [5.74, 6) is -3.28. The van der Waals surface area contributed by atoms with Gasteiger partial charge in [-0.15, -0.1) is 0 Å². The molecule has 0 aromatic carbocycles. The van der Waals surface area contributed by atoms with Gasteiger partial charge in [0.05, 0.1) is 11.5 Å². The lowest BCUT2D eigenvalue weighted by atomic mass is 9.90. The molecule has 1 aliphatic carbocycles. The van der Waals surface area contributed by atoms with Gasteiger partial charge in [-0.1, -0.05) is 87.5 Å². The minimum absolute atomic E-state index is 0.0714. The molecule has 0 fully saturated rings. The third-order valence-electron chi connectivity index (χ3n) is 7.16. The molecule has 0 spiro atoms. The van der Waals surface area contributed by atoms with Crippen LogP contribution in [0.4, 0.5) is 0 Å². The number of fused-ring (bicyclic) bond motifs is 2. The van der Waals surface area contributed by atoms with Crippen LogP contribution in [0.1, 0.15) is 113 Å². The predicted molar refractivity (Wildman–Crippen MR) is 149 cm³/mol. The lowest BCUT2D eigenvalue weighted by Crippen LogP contribution is -2.22. The number of rotatable bonds is 18. The summed E-state index contributed by atoms with van der Waals surface area (Å²) >= 11 is 0. The van der Waals surface area contributed by atoms with Crippen molar-refractivity contribution in [2.45, 2.75) is 104 Å². The number of unbranched alkanes of at least 4 members (excludes halogenated alkanes) is 10. The van der Waals surface area contributed by atoms with Crippen LogP contribution in [0.2, 0.25) is 0 Å². The van der Waals surface area contributed by atoms with Gasteiger partial charge in [0.2, 0.25) is 23.5 Å². The lowest BCUT2D eigenvalue weighted by molar-refractivity contribution is 0.200. The van der Waals surface area contributed by atoms with E-state index >= 15 is 0 Å².